The van der Waals surface area contributed by atoms with Gasteiger partial charge in [-0.25, -0.2) is 0 Å². The molecule has 1 aromatic heterocycles. The van der Waals surface area contributed by atoms with E-state index in [2.05, 4.69) is 33.2 Å². The maximum absolute atomic E-state index is 6.24. The van der Waals surface area contributed by atoms with E-state index in [4.69, 9.17) is 10.5 Å². The van der Waals surface area contributed by atoms with Crippen LogP contribution in [0.5, 0.6) is 5.75 Å². The Morgan fingerprint density at radius 2 is 2.28 bits per heavy atom. The summed E-state index contributed by atoms with van der Waals surface area (Å²) in [5.41, 5.74) is 8.34. The molecule has 2 rings (SSSR count). The molecule has 0 aliphatic heterocycles. The van der Waals surface area contributed by atoms with E-state index in [-0.39, 0.29) is 6.04 Å². The molecule has 0 bridgehead atoms. The van der Waals surface area contributed by atoms with E-state index >= 15 is 0 Å². The Kier molecular flexibility index (Phi) is 4.04. The zero-order valence-corrected chi connectivity index (χ0v) is 12.0. The van der Waals surface area contributed by atoms with Crippen LogP contribution in [0.2, 0.25) is 0 Å². The SMILES string of the molecule is COc1cnn(C)c1C(N)Cc1cccc(Br)c1. The van der Waals surface area contributed by atoms with E-state index in [1.807, 2.05) is 19.2 Å². The third kappa shape index (κ3) is 2.73. The lowest BCUT2D eigenvalue weighted by Gasteiger charge is -2.14. The van der Waals surface area contributed by atoms with E-state index in [0.717, 1.165) is 22.3 Å². The Hall–Kier alpha value is -1.33. The van der Waals surface area contributed by atoms with Crippen LogP contribution in [0.3, 0.4) is 0 Å². The van der Waals surface area contributed by atoms with Crippen LogP contribution in [0.15, 0.2) is 34.9 Å². The minimum Gasteiger partial charge on any atom is -0.493 e. The number of halogens is 1. The van der Waals surface area contributed by atoms with Crippen LogP contribution in [-0.2, 0) is 13.5 Å². The summed E-state index contributed by atoms with van der Waals surface area (Å²) in [7, 11) is 3.50. The number of rotatable bonds is 4. The van der Waals surface area contributed by atoms with Crippen molar-refractivity contribution in [3.63, 3.8) is 0 Å². The van der Waals surface area contributed by atoms with Crippen LogP contribution in [-0.4, -0.2) is 16.9 Å². The van der Waals surface area contributed by atoms with Crippen LogP contribution in [0.4, 0.5) is 0 Å². The molecule has 96 valence electrons. The van der Waals surface area contributed by atoms with Gasteiger partial charge >= 0.3 is 0 Å². The van der Waals surface area contributed by atoms with Gasteiger partial charge in [0.2, 0.25) is 0 Å². The second-order valence-electron chi connectivity index (χ2n) is 4.16. The molecule has 0 aliphatic carbocycles. The summed E-state index contributed by atoms with van der Waals surface area (Å²) < 4.78 is 8.10. The highest BCUT2D eigenvalue weighted by Crippen LogP contribution is 2.25. The molecule has 1 atom stereocenters. The molecule has 1 heterocycles. The van der Waals surface area contributed by atoms with Crippen molar-refractivity contribution in [2.75, 3.05) is 7.11 Å². The highest BCUT2D eigenvalue weighted by atomic mass is 79.9. The van der Waals surface area contributed by atoms with Gasteiger partial charge in [0.25, 0.3) is 0 Å². The van der Waals surface area contributed by atoms with E-state index in [1.54, 1.807) is 18.0 Å². The molecular weight excluding hydrogens is 294 g/mol. The number of hydrogen-bond acceptors (Lipinski definition) is 3. The van der Waals surface area contributed by atoms with Gasteiger partial charge in [-0.3, -0.25) is 4.68 Å². The summed E-state index contributed by atoms with van der Waals surface area (Å²) in [4.78, 5) is 0. The molecule has 0 fully saturated rings. The molecule has 0 saturated heterocycles. The van der Waals surface area contributed by atoms with Gasteiger partial charge in [0.1, 0.15) is 0 Å². The van der Waals surface area contributed by atoms with Crippen molar-refractivity contribution in [3.05, 3.63) is 46.2 Å². The summed E-state index contributed by atoms with van der Waals surface area (Å²) in [5.74, 6) is 0.736. The largest absolute Gasteiger partial charge is 0.493 e. The average Bonchev–Trinajstić information content (AvgIpc) is 2.70. The van der Waals surface area contributed by atoms with E-state index in [9.17, 15) is 0 Å². The molecule has 1 unspecified atom stereocenters. The second-order valence-corrected chi connectivity index (χ2v) is 5.08. The van der Waals surface area contributed by atoms with Crippen molar-refractivity contribution < 1.29 is 4.74 Å². The molecule has 0 saturated carbocycles. The van der Waals surface area contributed by atoms with Gasteiger partial charge in [-0.1, -0.05) is 28.1 Å². The minimum atomic E-state index is -0.137. The molecule has 2 aromatic rings. The highest BCUT2D eigenvalue weighted by molar-refractivity contribution is 9.10. The van der Waals surface area contributed by atoms with Crippen LogP contribution < -0.4 is 10.5 Å². The number of nitrogens with zero attached hydrogens (tertiary/aromatic N) is 2. The van der Waals surface area contributed by atoms with Gasteiger partial charge < -0.3 is 10.5 Å². The molecule has 1 aromatic carbocycles. The number of benzene rings is 1. The molecular formula is C13H16BrN3O. The van der Waals surface area contributed by atoms with Gasteiger partial charge in [-0.05, 0) is 24.1 Å². The molecule has 0 spiro atoms. The van der Waals surface area contributed by atoms with Crippen LogP contribution in [0.1, 0.15) is 17.3 Å². The molecule has 0 amide bonds. The van der Waals surface area contributed by atoms with Gasteiger partial charge in [0, 0.05) is 11.5 Å². The van der Waals surface area contributed by atoms with Crippen molar-refractivity contribution in [2.24, 2.45) is 12.8 Å². The van der Waals surface area contributed by atoms with Crippen molar-refractivity contribution in [3.8, 4) is 5.75 Å². The minimum absolute atomic E-state index is 0.137. The Morgan fingerprint density at radius 1 is 1.50 bits per heavy atom. The Bertz CT molecular complexity index is 539. The number of ether oxygens (including phenoxy) is 1. The molecule has 2 N–H and O–H groups in total. The predicted molar refractivity (Wildman–Crippen MR) is 74.5 cm³/mol. The lowest BCUT2D eigenvalue weighted by Crippen LogP contribution is -2.18. The molecule has 18 heavy (non-hydrogen) atoms. The third-order valence-corrected chi connectivity index (χ3v) is 3.36. The monoisotopic (exact) mass is 309 g/mol. The number of aryl methyl sites for hydroxylation is 1. The molecule has 4 nitrogen and oxygen atoms in total. The van der Waals surface area contributed by atoms with Gasteiger partial charge in [-0.15, -0.1) is 0 Å². The van der Waals surface area contributed by atoms with Crippen molar-refractivity contribution in [1.82, 2.24) is 9.78 Å². The van der Waals surface area contributed by atoms with Crippen molar-refractivity contribution >= 4 is 15.9 Å². The van der Waals surface area contributed by atoms with Crippen LogP contribution in [0.25, 0.3) is 0 Å². The summed E-state index contributed by atoms with van der Waals surface area (Å²) in [5, 5.41) is 4.17. The molecule has 0 radical (unpaired) electrons. The first-order valence-electron chi connectivity index (χ1n) is 5.67. The smallest absolute Gasteiger partial charge is 0.161 e. The van der Waals surface area contributed by atoms with Crippen molar-refractivity contribution in [1.29, 1.82) is 0 Å². The molecule has 0 aliphatic rings. The average molecular weight is 310 g/mol. The number of hydrogen-bond donors (Lipinski definition) is 1. The summed E-state index contributed by atoms with van der Waals surface area (Å²) in [6, 6.07) is 8.00. The maximum Gasteiger partial charge on any atom is 0.161 e. The van der Waals surface area contributed by atoms with Crippen molar-refractivity contribution in [2.45, 2.75) is 12.5 Å². The third-order valence-electron chi connectivity index (χ3n) is 2.87. The maximum atomic E-state index is 6.24. The molecule has 5 heteroatoms. The van der Waals surface area contributed by atoms with Gasteiger partial charge in [-0.2, -0.15) is 5.10 Å². The fraction of sp³-hybridized carbons (Fsp3) is 0.308. The standard InChI is InChI=1S/C13H16BrN3O/c1-17-13(12(18-2)8-16-17)11(15)7-9-4-3-5-10(14)6-9/h3-6,8,11H,7,15H2,1-2H3. The van der Waals surface area contributed by atoms with E-state index in [1.165, 1.54) is 5.56 Å². The van der Waals surface area contributed by atoms with Crippen LogP contribution in [0, 0.1) is 0 Å². The second kappa shape index (κ2) is 5.54. The van der Waals surface area contributed by atoms with E-state index in [0.29, 0.717) is 0 Å². The number of nitrogens with two attached hydrogens (primary N) is 1. The normalized spacial score (nSPS) is 12.4. The van der Waals surface area contributed by atoms with E-state index < -0.39 is 0 Å². The lowest BCUT2D eigenvalue weighted by molar-refractivity contribution is 0.402. The fourth-order valence-electron chi connectivity index (χ4n) is 2.02. The number of methoxy groups -OCH3 is 1. The quantitative estimate of drug-likeness (QED) is 0.943. The summed E-state index contributed by atoms with van der Waals surface area (Å²) in [6.45, 7) is 0. The highest BCUT2D eigenvalue weighted by Gasteiger charge is 2.17. The predicted octanol–water partition coefficient (Wildman–Crippen LogP) is 2.43. The Morgan fingerprint density at radius 3 is 2.94 bits per heavy atom. The Labute approximate surface area is 115 Å². The summed E-state index contributed by atoms with van der Waals surface area (Å²) in [6.07, 6.45) is 2.44. The zero-order valence-electron chi connectivity index (χ0n) is 10.4. The zero-order chi connectivity index (χ0) is 13.1. The summed E-state index contributed by atoms with van der Waals surface area (Å²) >= 11 is 3.46. The van der Waals surface area contributed by atoms with Gasteiger partial charge in [0.05, 0.1) is 25.0 Å². The topological polar surface area (TPSA) is 53.1 Å². The van der Waals surface area contributed by atoms with Crippen LogP contribution >= 0.6 is 15.9 Å². The lowest BCUT2D eigenvalue weighted by atomic mass is 10.0. The first-order valence-corrected chi connectivity index (χ1v) is 6.47. The van der Waals surface area contributed by atoms with Gasteiger partial charge in [0.15, 0.2) is 5.75 Å². The first kappa shape index (κ1) is 13.1. The fourth-order valence-corrected chi connectivity index (χ4v) is 2.47. The number of aromatic nitrogens is 2. The Balaban J connectivity index is 2.21. The first-order chi connectivity index (χ1) is 8.61.